The number of phenols is 1. The minimum atomic E-state index is -1.78. The summed E-state index contributed by atoms with van der Waals surface area (Å²) in [6.07, 6.45) is 5.67. The second-order valence-electron chi connectivity index (χ2n) is 22.6. The molecule has 4 aromatic rings. The number of rotatable bonds is 35. The predicted octanol–water partition coefficient (Wildman–Crippen LogP) is -3.29. The van der Waals surface area contributed by atoms with E-state index in [0.29, 0.717) is 40.6 Å². The Morgan fingerprint density at radius 3 is 1.96 bits per heavy atom. The number of phenolic OH excluding ortho intramolecular Hbond substituents is 1. The summed E-state index contributed by atoms with van der Waals surface area (Å²) in [6, 6.07) is 0.722. The minimum Gasteiger partial charge on any atom is -0.508 e. The van der Waals surface area contributed by atoms with Crippen molar-refractivity contribution in [2.45, 2.75) is 152 Å². The van der Waals surface area contributed by atoms with E-state index in [4.69, 9.17) is 22.3 Å². The van der Waals surface area contributed by atoms with Crippen molar-refractivity contribution in [3.05, 3.63) is 84.1 Å². The summed E-state index contributed by atoms with van der Waals surface area (Å²) in [5.41, 5.74) is 19.0. The van der Waals surface area contributed by atoms with Crippen LogP contribution in [0.5, 0.6) is 5.75 Å². The molecule has 2 aliphatic heterocycles. The Morgan fingerprint density at radius 1 is 0.711 bits per heavy atom. The number of para-hydroxylation sites is 1. The number of aromatic hydroxyl groups is 1. The van der Waals surface area contributed by atoms with Gasteiger partial charge in [-0.05, 0) is 99.6 Å². The smallest absolute Gasteiger partial charge is 0.322 e. The summed E-state index contributed by atoms with van der Waals surface area (Å²) in [5, 5.41) is 54.3. The maximum absolute atomic E-state index is 14.7. The van der Waals surface area contributed by atoms with Gasteiger partial charge in [-0.3, -0.25) is 57.7 Å². The van der Waals surface area contributed by atoms with E-state index in [9.17, 15) is 63.0 Å². The molecule has 0 bridgehead atoms. The third kappa shape index (κ3) is 21.0. The van der Waals surface area contributed by atoms with Crippen LogP contribution < -0.4 is 65.1 Å². The zero-order chi connectivity index (χ0) is 65.4. The lowest BCUT2D eigenvalue weighted by Crippen LogP contribution is -2.61. The number of hydrogen-bond acceptors (Lipinski definition) is 16. The Kier molecular flexibility index (Phi) is 26.4. The van der Waals surface area contributed by atoms with E-state index in [1.54, 1.807) is 44.3 Å². The maximum Gasteiger partial charge on any atom is 0.322 e. The van der Waals surface area contributed by atoms with E-state index >= 15 is 0 Å². The van der Waals surface area contributed by atoms with Gasteiger partial charge in [0.25, 0.3) is 0 Å². The van der Waals surface area contributed by atoms with Crippen molar-refractivity contribution in [3.63, 3.8) is 0 Å². The van der Waals surface area contributed by atoms with Crippen LogP contribution in [0.3, 0.4) is 0 Å². The average Bonchev–Trinajstić information content (AvgIpc) is 3.74. The van der Waals surface area contributed by atoms with Gasteiger partial charge in [-0.15, -0.1) is 0 Å². The van der Waals surface area contributed by atoms with Crippen LogP contribution in [0.15, 0.2) is 72.2 Å². The number of aliphatic carboxylic acids is 1. The van der Waals surface area contributed by atoms with Crippen LogP contribution in [0, 0.1) is 5.92 Å². The second-order valence-corrected chi connectivity index (χ2v) is 22.6. The number of likely N-dealkylation sites (tertiary alicyclic amines) is 1. The third-order valence-corrected chi connectivity index (χ3v) is 15.2. The molecule has 2 aromatic carbocycles. The highest BCUT2D eigenvalue weighted by molar-refractivity contribution is 5.99. The molecular formula is C59H83N17O14. The first-order valence-corrected chi connectivity index (χ1v) is 29.9. The van der Waals surface area contributed by atoms with Gasteiger partial charge < -0.3 is 95.2 Å². The Balaban J connectivity index is 1.23. The molecule has 2 fully saturated rings. The molecule has 20 N–H and O–H groups in total. The van der Waals surface area contributed by atoms with Crippen molar-refractivity contribution < 1.29 is 68.1 Å². The number of aromatic amines is 2. The molecule has 0 spiro atoms. The van der Waals surface area contributed by atoms with Crippen molar-refractivity contribution in [2.75, 3.05) is 32.8 Å². The number of aromatic nitrogens is 3. The number of carboxylic acid groups (broad SMARTS) is 1. The number of benzene rings is 2. The Bertz CT molecular complexity index is 3170. The topological polar surface area (TPSA) is 495 Å². The number of hydrogen-bond donors (Lipinski definition) is 17. The molecule has 2 aliphatic rings. The number of amides is 10. The fraction of sp³-hybridized carbons (Fsp3) is 0.508. The van der Waals surface area contributed by atoms with Crippen molar-refractivity contribution in [2.24, 2.45) is 28.1 Å². The highest BCUT2D eigenvalue weighted by Gasteiger charge is 2.40. The first-order chi connectivity index (χ1) is 43.0. The van der Waals surface area contributed by atoms with E-state index in [2.05, 4.69) is 67.8 Å². The molecule has 488 valence electrons. The van der Waals surface area contributed by atoms with Gasteiger partial charge in [0, 0.05) is 67.8 Å². The predicted molar refractivity (Wildman–Crippen MR) is 326 cm³/mol. The highest BCUT2D eigenvalue weighted by Crippen LogP contribution is 2.22. The molecule has 0 radical (unpaired) electrons. The van der Waals surface area contributed by atoms with Crippen molar-refractivity contribution in [3.8, 4) is 5.75 Å². The molecule has 4 heterocycles. The molecular weight excluding hydrogens is 1170 g/mol. The lowest BCUT2D eigenvalue weighted by molar-refractivity contribution is -0.143. The molecule has 31 heteroatoms. The number of nitrogens with two attached hydrogens (primary N) is 3. The molecule has 0 saturated carbocycles. The Morgan fingerprint density at radius 2 is 1.32 bits per heavy atom. The number of carboxylic acids is 1. The largest absolute Gasteiger partial charge is 0.508 e. The molecule has 90 heavy (non-hydrogen) atoms. The number of imidazole rings is 1. The van der Waals surface area contributed by atoms with Gasteiger partial charge in [0.05, 0.1) is 12.9 Å². The summed E-state index contributed by atoms with van der Waals surface area (Å²) in [4.78, 5) is 166. The summed E-state index contributed by atoms with van der Waals surface area (Å²) in [6.45, 7) is 2.27. The van der Waals surface area contributed by atoms with Crippen LogP contribution in [0.1, 0.15) is 94.9 Å². The van der Waals surface area contributed by atoms with Crippen molar-refractivity contribution in [1.29, 1.82) is 0 Å². The SMILES string of the molecule is CC(C)CC(NC(=O)C(CCCCN)NC(=O)C(Cc1ccc(O)cc1)NC(=O)C(CO)NC(=O)C(Cc1c[nH]c2ccccc12)NC(=O)C(Cc1cnc[nH]1)NC(=O)C1CCC(=O)N1)C(=O)NC(CCCN=C(N)N)C(=O)N1CCCC1C(=O)NCC(=O)O. The minimum absolute atomic E-state index is 0.0166. The number of aliphatic imine (C=N–C) groups is 1. The van der Waals surface area contributed by atoms with Gasteiger partial charge in [0.1, 0.15) is 66.7 Å². The highest BCUT2D eigenvalue weighted by atomic mass is 16.4. The first kappa shape index (κ1) is 69.5. The Labute approximate surface area is 518 Å². The zero-order valence-corrected chi connectivity index (χ0v) is 50.3. The quantitative estimate of drug-likeness (QED) is 0.0122. The number of nitrogens with zero attached hydrogens (tertiary/aromatic N) is 3. The number of nitrogens with one attached hydrogen (secondary N) is 11. The van der Waals surface area contributed by atoms with Crippen molar-refractivity contribution >= 4 is 81.9 Å². The first-order valence-electron chi connectivity index (χ1n) is 29.9. The summed E-state index contributed by atoms with van der Waals surface area (Å²) in [5.74, 6) is -9.58. The van der Waals surface area contributed by atoms with Crippen LogP contribution in [0.25, 0.3) is 10.9 Å². The van der Waals surface area contributed by atoms with Crippen LogP contribution >= 0.6 is 0 Å². The summed E-state index contributed by atoms with van der Waals surface area (Å²) in [7, 11) is 0. The maximum atomic E-state index is 14.7. The number of carbonyl (C=O) groups excluding carboxylic acids is 10. The molecule has 10 amide bonds. The number of H-pyrrole nitrogens is 2. The van der Waals surface area contributed by atoms with Crippen molar-refractivity contribution in [1.82, 2.24) is 67.7 Å². The molecule has 9 atom stereocenters. The normalized spacial score (nSPS) is 16.9. The van der Waals surface area contributed by atoms with Gasteiger partial charge >= 0.3 is 5.97 Å². The Hall–Kier alpha value is -9.65. The third-order valence-electron chi connectivity index (χ3n) is 15.2. The zero-order valence-electron chi connectivity index (χ0n) is 50.3. The average molecular weight is 1250 g/mol. The van der Waals surface area contributed by atoms with Gasteiger partial charge in [-0.1, -0.05) is 44.2 Å². The fourth-order valence-corrected chi connectivity index (χ4v) is 10.6. The van der Waals surface area contributed by atoms with E-state index in [1.807, 2.05) is 0 Å². The van der Waals surface area contributed by atoms with Crippen LogP contribution in [0.2, 0.25) is 0 Å². The number of fused-ring (bicyclic) bond motifs is 1. The van der Waals surface area contributed by atoms with Gasteiger partial charge in [0.15, 0.2) is 5.96 Å². The molecule has 2 saturated heterocycles. The van der Waals surface area contributed by atoms with Crippen LogP contribution in [-0.4, -0.2) is 193 Å². The second kappa shape index (κ2) is 34.2. The van der Waals surface area contributed by atoms with Gasteiger partial charge in [-0.2, -0.15) is 0 Å². The monoisotopic (exact) mass is 1250 g/mol. The molecule has 2 aromatic heterocycles. The molecule has 6 rings (SSSR count). The number of carbonyl (C=O) groups is 11. The molecule has 0 aliphatic carbocycles. The number of unbranched alkanes of at least 4 members (excludes halogenated alkanes) is 1. The van der Waals surface area contributed by atoms with Gasteiger partial charge in [-0.25, -0.2) is 4.98 Å². The molecule has 9 unspecified atom stereocenters. The number of aliphatic hydroxyl groups excluding tert-OH is 1. The lowest BCUT2D eigenvalue weighted by atomic mass is 10.00. The van der Waals surface area contributed by atoms with Crippen LogP contribution in [0.4, 0.5) is 0 Å². The molecule has 31 nitrogen and oxygen atoms in total. The van der Waals surface area contributed by atoms with E-state index < -0.39 is 127 Å². The fourth-order valence-electron chi connectivity index (χ4n) is 10.6. The lowest BCUT2D eigenvalue weighted by Gasteiger charge is -2.30. The van der Waals surface area contributed by atoms with Gasteiger partial charge in [0.2, 0.25) is 59.1 Å². The van der Waals surface area contributed by atoms with E-state index in [-0.39, 0.29) is 114 Å². The van der Waals surface area contributed by atoms with E-state index in [0.717, 1.165) is 0 Å². The van der Waals surface area contributed by atoms with E-state index in [1.165, 1.54) is 41.7 Å². The van der Waals surface area contributed by atoms with Crippen LogP contribution in [-0.2, 0) is 72.0 Å². The number of aliphatic hydroxyl groups is 1. The standard InChI is InChI=1S/C59H83N17O14/c1-32(2)23-42(52(84)70-41(12-7-21-64-59(61)62)58(90)76-22-8-13-47(76)57(89)66-29-49(80)81)71-50(82)39(11-5-6-20-60)69-53(85)43(24-33-14-16-36(78)17-15-33)72-56(88)46(30-77)75-54(86)44(25-34-27-65-38-10-4-3-9-37(34)38)73-55(87)45(26-35-28-63-31-67-35)74-51(83)40-18-19-48(79)68-40/h3-4,9-10,14-17,27-28,31-32,39-47,65,77-78H,5-8,11-13,18-26,29-30,60H2,1-2H3,(H,63,67)(H,66,89)(H,68,79)(H,69,85)(H,70,84)(H,71,82)(H,72,88)(H,73,87)(H,74,83)(H,75,86)(H,80,81)(H4,61,62,64). The summed E-state index contributed by atoms with van der Waals surface area (Å²) < 4.78 is 0. The number of guanidine groups is 1. The summed E-state index contributed by atoms with van der Waals surface area (Å²) >= 11 is 0.